The second kappa shape index (κ2) is 15.9. The Hall–Kier alpha value is -6.37. The van der Waals surface area contributed by atoms with E-state index in [4.69, 9.17) is 18.9 Å². The molecule has 0 radical (unpaired) electrons. The van der Waals surface area contributed by atoms with Crippen LogP contribution in [0.25, 0.3) is 11.1 Å². The monoisotopic (exact) mass is 738 g/mol. The molecule has 0 unspecified atom stereocenters. The van der Waals surface area contributed by atoms with E-state index >= 15 is 35.1 Å². The van der Waals surface area contributed by atoms with E-state index in [1.165, 1.54) is 18.2 Å². The third kappa shape index (κ3) is 7.78. The average Bonchev–Trinajstić information content (AvgIpc) is 3.16. The van der Waals surface area contributed by atoms with Crippen molar-refractivity contribution in [2.24, 2.45) is 0 Å². The van der Waals surface area contributed by atoms with E-state index in [1.807, 2.05) is 0 Å². The van der Waals surface area contributed by atoms with Crippen LogP contribution in [-0.2, 0) is 11.3 Å². The van der Waals surface area contributed by atoms with Crippen LogP contribution in [0.15, 0.2) is 103 Å². The predicted molar refractivity (Wildman–Crippen MR) is 178 cm³/mol. The fourth-order valence-electron chi connectivity index (χ4n) is 4.91. The highest BCUT2D eigenvalue weighted by Crippen LogP contribution is 2.44. The Labute approximate surface area is 297 Å². The van der Waals surface area contributed by atoms with Crippen molar-refractivity contribution in [3.63, 3.8) is 0 Å². The van der Waals surface area contributed by atoms with Crippen LogP contribution in [0.5, 0.6) is 34.5 Å². The number of benzene rings is 6. The minimum Gasteiger partial charge on any atom is -0.457 e. The van der Waals surface area contributed by atoms with Gasteiger partial charge in [-0.25, -0.2) is 22.4 Å². The molecule has 0 bridgehead atoms. The number of ether oxygens (including phenoxy) is 4. The lowest BCUT2D eigenvalue weighted by atomic mass is 10.0. The Kier molecular flexibility index (Phi) is 11.4. The molecule has 5 nitrogen and oxygen atoms in total. The maximum absolute atomic E-state index is 15.3. The molecule has 0 amide bonds. The van der Waals surface area contributed by atoms with Crippen LogP contribution in [0.3, 0.4) is 0 Å². The van der Waals surface area contributed by atoms with Gasteiger partial charge in [-0.2, -0.15) is 17.6 Å². The number of para-hydroxylation sites is 1. The zero-order chi connectivity index (χ0) is 37.1. The lowest BCUT2D eigenvalue weighted by Crippen LogP contribution is -2.09. The van der Waals surface area contributed by atoms with Crippen molar-refractivity contribution in [3.05, 3.63) is 166 Å². The van der Waals surface area contributed by atoms with E-state index < -0.39 is 80.9 Å². The first-order chi connectivity index (χ1) is 24.9. The smallest absolute Gasteiger partial charge is 0.338 e. The van der Waals surface area contributed by atoms with Gasteiger partial charge >= 0.3 is 5.97 Å². The summed E-state index contributed by atoms with van der Waals surface area (Å²) in [6, 6.07) is 25.1. The molecule has 0 atom stereocenters. The molecular weight excluding hydrogens is 712 g/mol. The van der Waals surface area contributed by atoms with E-state index in [0.29, 0.717) is 16.9 Å². The summed E-state index contributed by atoms with van der Waals surface area (Å²) < 4.78 is 143. The number of aryl methyl sites for hydroxylation is 1. The Bertz CT molecular complexity index is 2220. The van der Waals surface area contributed by atoms with Crippen molar-refractivity contribution in [1.82, 2.24) is 0 Å². The number of hydrogen-bond donors (Lipinski definition) is 0. The van der Waals surface area contributed by atoms with Gasteiger partial charge in [0.15, 0.2) is 23.3 Å². The van der Waals surface area contributed by atoms with E-state index in [0.717, 1.165) is 24.3 Å². The van der Waals surface area contributed by atoms with Gasteiger partial charge < -0.3 is 18.9 Å². The normalized spacial score (nSPS) is 10.7. The third-order valence-electron chi connectivity index (χ3n) is 7.57. The SMILES string of the molecule is C.Cc1ccc(Oc2c(F)c(F)c(-c3c(F)c(F)c(Oc4ccc(C(=O)OCc5ccccc5)cc4)c(F)c3F)c(F)c2F)cc1Oc1ccccc1. The molecule has 6 aromatic carbocycles. The number of hydrogen-bond acceptors (Lipinski definition) is 5. The van der Waals surface area contributed by atoms with Crippen LogP contribution < -0.4 is 14.2 Å². The second-order valence-electron chi connectivity index (χ2n) is 11.1. The summed E-state index contributed by atoms with van der Waals surface area (Å²) in [5.41, 5.74) is -2.94. The van der Waals surface area contributed by atoms with Crippen molar-refractivity contribution in [2.75, 3.05) is 0 Å². The number of halogens is 8. The number of esters is 1. The highest BCUT2D eigenvalue weighted by atomic mass is 19.2. The highest BCUT2D eigenvalue weighted by Gasteiger charge is 2.35. The molecule has 0 spiro atoms. The fraction of sp³-hybridized carbons (Fsp3) is 0.0750. The maximum Gasteiger partial charge on any atom is 0.338 e. The molecule has 0 aliphatic rings. The zero-order valence-corrected chi connectivity index (χ0v) is 26.6. The molecule has 53 heavy (non-hydrogen) atoms. The van der Waals surface area contributed by atoms with Crippen LogP contribution >= 0.6 is 0 Å². The molecule has 6 aromatic rings. The molecule has 0 N–H and O–H groups in total. The van der Waals surface area contributed by atoms with Gasteiger partial charge in [-0.1, -0.05) is 62.0 Å². The van der Waals surface area contributed by atoms with E-state index in [9.17, 15) is 4.79 Å². The summed E-state index contributed by atoms with van der Waals surface area (Å²) in [7, 11) is 0. The summed E-state index contributed by atoms with van der Waals surface area (Å²) in [4.78, 5) is 12.4. The Morgan fingerprint density at radius 3 is 1.45 bits per heavy atom. The summed E-state index contributed by atoms with van der Waals surface area (Å²) >= 11 is 0. The first-order valence-electron chi connectivity index (χ1n) is 15.2. The first kappa shape index (κ1) is 37.9. The third-order valence-corrected chi connectivity index (χ3v) is 7.57. The molecule has 13 heteroatoms. The quantitative estimate of drug-likeness (QED) is 0.0796. The van der Waals surface area contributed by atoms with Crippen LogP contribution in [0.2, 0.25) is 0 Å². The molecule has 0 heterocycles. The zero-order valence-electron chi connectivity index (χ0n) is 26.6. The van der Waals surface area contributed by atoms with Crippen molar-refractivity contribution < 1.29 is 58.9 Å². The molecule has 0 fully saturated rings. The van der Waals surface area contributed by atoms with Crippen LogP contribution in [0.1, 0.15) is 28.9 Å². The molecule has 0 saturated carbocycles. The number of carbonyl (C=O) groups excluding carboxylic acids is 1. The average molecular weight is 739 g/mol. The van der Waals surface area contributed by atoms with E-state index in [1.54, 1.807) is 67.6 Å². The van der Waals surface area contributed by atoms with Gasteiger partial charge in [0.2, 0.25) is 34.8 Å². The van der Waals surface area contributed by atoms with Gasteiger partial charge in [0.1, 0.15) is 29.6 Å². The van der Waals surface area contributed by atoms with Gasteiger partial charge in [-0.05, 0) is 60.5 Å². The lowest BCUT2D eigenvalue weighted by Gasteiger charge is -2.17. The van der Waals surface area contributed by atoms with Crippen LogP contribution in [0, 0.1) is 53.5 Å². The highest BCUT2D eigenvalue weighted by molar-refractivity contribution is 5.89. The van der Waals surface area contributed by atoms with E-state index in [2.05, 4.69) is 0 Å². The lowest BCUT2D eigenvalue weighted by molar-refractivity contribution is 0.0472. The second-order valence-corrected chi connectivity index (χ2v) is 11.1. The minimum absolute atomic E-state index is 0. The van der Waals surface area contributed by atoms with Crippen molar-refractivity contribution in [2.45, 2.75) is 21.0 Å². The summed E-state index contributed by atoms with van der Waals surface area (Å²) in [6.45, 7) is 1.58. The number of carbonyl (C=O) groups is 1. The van der Waals surface area contributed by atoms with Crippen molar-refractivity contribution in [1.29, 1.82) is 0 Å². The van der Waals surface area contributed by atoms with Crippen molar-refractivity contribution >= 4 is 5.97 Å². The Morgan fingerprint density at radius 2 is 0.943 bits per heavy atom. The molecule has 0 aliphatic carbocycles. The van der Waals surface area contributed by atoms with Gasteiger partial charge in [0.05, 0.1) is 16.7 Å². The summed E-state index contributed by atoms with van der Waals surface area (Å²) in [5, 5.41) is 0. The molecule has 0 aromatic heterocycles. The first-order valence-corrected chi connectivity index (χ1v) is 15.2. The fourth-order valence-corrected chi connectivity index (χ4v) is 4.91. The standard InChI is InChI=1S/C39H22F8O5.CH4/c1-20-12-15-25(18-26(20)50-23-10-6-3-7-11-23)52-38-35(46)31(42)28(32(43)36(38)47)27-29(40)33(44)37(34(45)30(27)41)51-24-16-13-22(14-17-24)39(48)49-19-21-8-4-2-5-9-21;/h2-18H,19H2,1H3;1H4. The maximum atomic E-state index is 15.3. The van der Waals surface area contributed by atoms with Gasteiger partial charge in [0.25, 0.3) is 0 Å². The Morgan fingerprint density at radius 1 is 0.509 bits per heavy atom. The summed E-state index contributed by atoms with van der Waals surface area (Å²) in [6.07, 6.45) is 0. The molecule has 0 saturated heterocycles. The van der Waals surface area contributed by atoms with E-state index in [-0.39, 0.29) is 31.1 Å². The molecular formula is C40H26F8O5. The topological polar surface area (TPSA) is 54.0 Å². The molecule has 272 valence electrons. The van der Waals surface area contributed by atoms with Gasteiger partial charge in [0, 0.05) is 6.07 Å². The van der Waals surface area contributed by atoms with Gasteiger partial charge in [-0.3, -0.25) is 0 Å². The van der Waals surface area contributed by atoms with Crippen molar-refractivity contribution in [3.8, 4) is 45.6 Å². The van der Waals surface area contributed by atoms with Crippen LogP contribution in [-0.4, -0.2) is 5.97 Å². The van der Waals surface area contributed by atoms with Crippen LogP contribution in [0.4, 0.5) is 35.1 Å². The summed E-state index contributed by atoms with van der Waals surface area (Å²) in [5.74, 6) is -23.1. The van der Waals surface area contributed by atoms with Gasteiger partial charge in [-0.15, -0.1) is 0 Å². The number of rotatable bonds is 10. The molecule has 0 aliphatic heterocycles. The molecule has 6 rings (SSSR count). The largest absolute Gasteiger partial charge is 0.457 e. The minimum atomic E-state index is -2.43. The Balaban J connectivity index is 0.00000541. The predicted octanol–water partition coefficient (Wildman–Crippen LogP) is 12.1.